The van der Waals surface area contributed by atoms with E-state index in [9.17, 15) is 0 Å². The molecule has 1 aromatic rings. The third-order valence-electron chi connectivity index (χ3n) is 3.41. The highest BCUT2D eigenvalue weighted by Gasteiger charge is 2.17. The van der Waals surface area contributed by atoms with Crippen LogP contribution in [0, 0.1) is 11.3 Å². The van der Waals surface area contributed by atoms with Gasteiger partial charge in [-0.3, -0.25) is 4.90 Å². The van der Waals surface area contributed by atoms with E-state index in [-0.39, 0.29) is 12.4 Å². The fraction of sp³-hybridized carbons (Fsp3) is 0.500. The van der Waals surface area contributed by atoms with Crippen LogP contribution in [0.3, 0.4) is 0 Å². The van der Waals surface area contributed by atoms with Crippen molar-refractivity contribution in [2.45, 2.75) is 25.4 Å². The molecule has 1 atom stereocenters. The van der Waals surface area contributed by atoms with Crippen molar-refractivity contribution in [1.29, 1.82) is 5.26 Å². The van der Waals surface area contributed by atoms with Crippen LogP contribution in [-0.2, 0) is 6.54 Å². The van der Waals surface area contributed by atoms with Crippen LogP contribution in [0.1, 0.15) is 24.0 Å². The van der Waals surface area contributed by atoms with Gasteiger partial charge in [0.1, 0.15) is 0 Å². The lowest BCUT2D eigenvalue weighted by atomic mass is 10.1. The molecule has 0 saturated carbocycles. The van der Waals surface area contributed by atoms with Gasteiger partial charge in [-0.1, -0.05) is 12.1 Å². The smallest absolute Gasteiger partial charge is 0.0991 e. The summed E-state index contributed by atoms with van der Waals surface area (Å²) in [5, 5.41) is 12.2. The number of nitrogens with zero attached hydrogens (tertiary/aromatic N) is 2. The quantitative estimate of drug-likeness (QED) is 0.910. The summed E-state index contributed by atoms with van der Waals surface area (Å²) in [5.74, 6) is 0. The topological polar surface area (TPSA) is 39.1 Å². The largest absolute Gasteiger partial charge is 0.315 e. The zero-order valence-corrected chi connectivity index (χ0v) is 11.5. The maximum Gasteiger partial charge on any atom is 0.0991 e. The molecule has 4 heteroatoms. The number of nitrogens with one attached hydrogen (secondary N) is 1. The first-order chi connectivity index (χ1) is 8.29. The molecule has 1 aliphatic rings. The van der Waals surface area contributed by atoms with E-state index in [0.29, 0.717) is 6.04 Å². The monoisotopic (exact) mass is 265 g/mol. The number of nitriles is 1. The van der Waals surface area contributed by atoms with Gasteiger partial charge in [-0.25, -0.2) is 0 Å². The molecule has 1 heterocycles. The molecule has 0 bridgehead atoms. The normalized spacial score (nSPS) is 19.1. The average Bonchev–Trinajstić information content (AvgIpc) is 2.40. The van der Waals surface area contributed by atoms with Crippen molar-refractivity contribution in [3.63, 3.8) is 0 Å². The highest BCUT2D eigenvalue weighted by Crippen LogP contribution is 2.12. The molecule has 0 amide bonds. The lowest BCUT2D eigenvalue weighted by Crippen LogP contribution is -2.43. The van der Waals surface area contributed by atoms with Gasteiger partial charge < -0.3 is 5.32 Å². The molecule has 1 aromatic carbocycles. The van der Waals surface area contributed by atoms with E-state index in [4.69, 9.17) is 5.26 Å². The Labute approximate surface area is 115 Å². The second-order valence-corrected chi connectivity index (χ2v) is 4.72. The maximum absolute atomic E-state index is 8.75. The summed E-state index contributed by atoms with van der Waals surface area (Å²) in [6.07, 6.45) is 2.54. The van der Waals surface area contributed by atoms with Crippen molar-refractivity contribution < 1.29 is 0 Å². The molecule has 1 aliphatic heterocycles. The zero-order chi connectivity index (χ0) is 12.1. The van der Waals surface area contributed by atoms with E-state index in [1.54, 1.807) is 0 Å². The summed E-state index contributed by atoms with van der Waals surface area (Å²) in [7, 11) is 2.18. The van der Waals surface area contributed by atoms with Gasteiger partial charge in [0.15, 0.2) is 0 Å². The summed E-state index contributed by atoms with van der Waals surface area (Å²) < 4.78 is 0. The van der Waals surface area contributed by atoms with Crippen molar-refractivity contribution in [1.82, 2.24) is 10.2 Å². The summed E-state index contributed by atoms with van der Waals surface area (Å²) in [6.45, 7) is 3.20. The minimum atomic E-state index is 0. The van der Waals surface area contributed by atoms with Crippen LogP contribution in [0.15, 0.2) is 24.3 Å². The van der Waals surface area contributed by atoms with Crippen molar-refractivity contribution in [2.75, 3.05) is 20.1 Å². The van der Waals surface area contributed by atoms with E-state index in [1.807, 2.05) is 24.3 Å². The molecular formula is C14H20ClN3. The van der Waals surface area contributed by atoms with Gasteiger partial charge >= 0.3 is 0 Å². The van der Waals surface area contributed by atoms with E-state index < -0.39 is 0 Å². The first-order valence-corrected chi connectivity index (χ1v) is 6.19. The third kappa shape index (κ3) is 3.99. The summed E-state index contributed by atoms with van der Waals surface area (Å²) in [6, 6.07) is 10.7. The van der Waals surface area contributed by atoms with E-state index in [2.05, 4.69) is 23.3 Å². The molecule has 0 radical (unpaired) electrons. The van der Waals surface area contributed by atoms with Crippen LogP contribution < -0.4 is 5.32 Å². The average molecular weight is 266 g/mol. The fourth-order valence-electron chi connectivity index (χ4n) is 2.31. The summed E-state index contributed by atoms with van der Waals surface area (Å²) in [4.78, 5) is 2.40. The molecule has 3 nitrogen and oxygen atoms in total. The van der Waals surface area contributed by atoms with Gasteiger partial charge in [0.2, 0.25) is 0 Å². The Kier molecular flexibility index (Phi) is 6.14. The zero-order valence-electron chi connectivity index (χ0n) is 10.7. The molecule has 1 unspecified atom stereocenters. The Morgan fingerprint density at radius 1 is 1.39 bits per heavy atom. The standard InChI is InChI=1S/C14H19N3.ClH/c1-17(14-3-2-8-16-10-14)11-13-6-4-12(9-15)5-7-13;/h4-7,14,16H,2-3,8,10-11H2,1H3;1H. The van der Waals surface area contributed by atoms with Gasteiger partial charge in [-0.05, 0) is 44.1 Å². The lowest BCUT2D eigenvalue weighted by Gasteiger charge is -2.31. The Hall–Kier alpha value is -1.08. The molecule has 0 aliphatic carbocycles. The number of hydrogen-bond donors (Lipinski definition) is 1. The lowest BCUT2D eigenvalue weighted by molar-refractivity contribution is 0.196. The number of piperidine rings is 1. The van der Waals surface area contributed by atoms with Gasteiger partial charge in [0.05, 0.1) is 11.6 Å². The van der Waals surface area contributed by atoms with Crippen molar-refractivity contribution in [2.24, 2.45) is 0 Å². The minimum Gasteiger partial charge on any atom is -0.315 e. The van der Waals surface area contributed by atoms with Crippen LogP contribution in [0.2, 0.25) is 0 Å². The predicted octanol–water partition coefficient (Wildman–Crippen LogP) is 2.16. The Morgan fingerprint density at radius 2 is 2.11 bits per heavy atom. The first-order valence-electron chi connectivity index (χ1n) is 6.19. The molecule has 0 spiro atoms. The second kappa shape index (κ2) is 7.38. The van der Waals surface area contributed by atoms with Crippen LogP contribution in [-0.4, -0.2) is 31.1 Å². The molecule has 1 fully saturated rings. The van der Waals surface area contributed by atoms with Gasteiger partial charge in [-0.2, -0.15) is 5.26 Å². The number of rotatable bonds is 3. The number of halogens is 1. The summed E-state index contributed by atoms with van der Waals surface area (Å²) in [5.41, 5.74) is 2.01. The molecule has 18 heavy (non-hydrogen) atoms. The number of hydrogen-bond acceptors (Lipinski definition) is 3. The van der Waals surface area contributed by atoms with Crippen LogP contribution in [0.5, 0.6) is 0 Å². The van der Waals surface area contributed by atoms with Crippen LogP contribution >= 0.6 is 12.4 Å². The van der Waals surface area contributed by atoms with Crippen LogP contribution in [0.25, 0.3) is 0 Å². The molecular weight excluding hydrogens is 246 g/mol. The molecule has 98 valence electrons. The van der Waals surface area contributed by atoms with E-state index in [1.165, 1.54) is 18.4 Å². The second-order valence-electron chi connectivity index (χ2n) is 4.72. The summed E-state index contributed by atoms with van der Waals surface area (Å²) >= 11 is 0. The van der Waals surface area contributed by atoms with Crippen molar-refractivity contribution >= 4 is 12.4 Å². The van der Waals surface area contributed by atoms with Crippen molar-refractivity contribution in [3.05, 3.63) is 35.4 Å². The highest BCUT2D eigenvalue weighted by atomic mass is 35.5. The van der Waals surface area contributed by atoms with Crippen molar-refractivity contribution in [3.8, 4) is 6.07 Å². The third-order valence-corrected chi connectivity index (χ3v) is 3.41. The van der Waals surface area contributed by atoms with E-state index in [0.717, 1.165) is 25.2 Å². The highest BCUT2D eigenvalue weighted by molar-refractivity contribution is 5.85. The van der Waals surface area contributed by atoms with Gasteiger partial charge in [0.25, 0.3) is 0 Å². The molecule has 2 rings (SSSR count). The molecule has 0 aromatic heterocycles. The molecule has 1 saturated heterocycles. The fourth-order valence-corrected chi connectivity index (χ4v) is 2.31. The number of benzene rings is 1. The van der Waals surface area contributed by atoms with Gasteiger partial charge in [0, 0.05) is 19.1 Å². The maximum atomic E-state index is 8.75. The Bertz CT molecular complexity index is 390. The SMILES string of the molecule is CN(Cc1ccc(C#N)cc1)C1CCCNC1.Cl. The van der Waals surface area contributed by atoms with E-state index >= 15 is 0 Å². The number of likely N-dealkylation sites (N-methyl/N-ethyl adjacent to an activating group) is 1. The molecule has 1 N–H and O–H groups in total. The van der Waals surface area contributed by atoms with Gasteiger partial charge in [-0.15, -0.1) is 12.4 Å². The van der Waals surface area contributed by atoms with Crippen LogP contribution in [0.4, 0.5) is 0 Å². The minimum absolute atomic E-state index is 0. The Balaban J connectivity index is 0.00000162. The predicted molar refractivity (Wildman–Crippen MR) is 75.8 cm³/mol. The first kappa shape index (κ1) is 15.0. The Morgan fingerprint density at radius 3 is 2.67 bits per heavy atom.